The van der Waals surface area contributed by atoms with Gasteiger partial charge in [-0.2, -0.15) is 0 Å². The molecule has 2 N–H and O–H groups in total. The molecule has 1 aromatic carbocycles. The summed E-state index contributed by atoms with van der Waals surface area (Å²) in [7, 11) is 5.91. The number of halogens is 2. The molecule has 2 unspecified atom stereocenters. The first-order valence-corrected chi connectivity index (χ1v) is 12.9. The SMILES string of the molecule is COCCOC1C[C@H]2C([N+](=O)[O-])=C(Nc3cc(N(C)C(=O)Nc4c(Cl)c(OC)cc(OC)c4Cl)ncn3)C=CC12. The molecule has 13 nitrogen and oxygen atoms in total. The molecule has 2 amide bonds. The Hall–Kier alpha value is -3.65. The first kappa shape index (κ1) is 29.3. The van der Waals surface area contributed by atoms with E-state index in [0.29, 0.717) is 25.3 Å². The largest absolute Gasteiger partial charge is 0.495 e. The number of nitrogens with zero attached hydrogens (tertiary/aromatic N) is 4. The van der Waals surface area contributed by atoms with Crippen molar-refractivity contribution >= 4 is 46.6 Å². The highest BCUT2D eigenvalue weighted by molar-refractivity contribution is 6.41. The zero-order valence-corrected chi connectivity index (χ0v) is 23.7. The van der Waals surface area contributed by atoms with Gasteiger partial charge in [-0.25, -0.2) is 14.8 Å². The summed E-state index contributed by atoms with van der Waals surface area (Å²) in [6.45, 7) is 0.883. The molecular formula is C25H28Cl2N6O7. The molecule has 1 heterocycles. The maximum atomic E-state index is 13.1. The van der Waals surface area contributed by atoms with Crippen molar-refractivity contribution in [2.24, 2.45) is 11.8 Å². The number of amides is 2. The number of nitro groups is 1. The minimum atomic E-state index is -0.622. The van der Waals surface area contributed by atoms with Crippen molar-refractivity contribution < 1.29 is 28.7 Å². The minimum Gasteiger partial charge on any atom is -0.495 e. The quantitative estimate of drug-likeness (QED) is 0.214. The lowest BCUT2D eigenvalue weighted by Gasteiger charge is -2.42. The zero-order valence-electron chi connectivity index (χ0n) is 22.1. The van der Waals surface area contributed by atoms with Crippen molar-refractivity contribution in [2.45, 2.75) is 12.5 Å². The number of anilines is 3. The molecule has 4 rings (SSSR count). The molecule has 3 atom stereocenters. The average Bonchev–Trinajstić information content (AvgIpc) is 2.93. The number of aromatic nitrogens is 2. The Morgan fingerprint density at radius 1 is 1.15 bits per heavy atom. The molecule has 0 saturated heterocycles. The van der Waals surface area contributed by atoms with Crippen LogP contribution < -0.4 is 25.0 Å². The number of nitrogens with one attached hydrogen (secondary N) is 2. The number of carbonyl (C=O) groups excluding carboxylic acids is 1. The number of hydrogen-bond acceptors (Lipinski definition) is 10. The van der Waals surface area contributed by atoms with E-state index in [-0.39, 0.29) is 67.4 Å². The molecule has 0 spiro atoms. The van der Waals surface area contributed by atoms with Crippen molar-refractivity contribution in [3.8, 4) is 11.5 Å². The van der Waals surface area contributed by atoms with E-state index >= 15 is 0 Å². The maximum Gasteiger partial charge on any atom is 0.327 e. The normalized spacial score (nSPS) is 19.4. The first-order valence-electron chi connectivity index (χ1n) is 12.1. The molecule has 2 aliphatic rings. The Labute approximate surface area is 240 Å². The van der Waals surface area contributed by atoms with Crippen LogP contribution in [-0.4, -0.2) is 68.6 Å². The van der Waals surface area contributed by atoms with E-state index < -0.39 is 6.03 Å². The summed E-state index contributed by atoms with van der Waals surface area (Å²) in [6.07, 6.45) is 5.22. The molecule has 40 heavy (non-hydrogen) atoms. The highest BCUT2D eigenvalue weighted by Crippen LogP contribution is 2.47. The van der Waals surface area contributed by atoms with Gasteiger partial charge in [-0.15, -0.1) is 0 Å². The van der Waals surface area contributed by atoms with E-state index in [0.717, 1.165) is 0 Å². The molecule has 1 aromatic heterocycles. The maximum absolute atomic E-state index is 13.1. The van der Waals surface area contributed by atoms with Gasteiger partial charge in [0, 0.05) is 32.2 Å². The second-order valence-electron chi connectivity index (χ2n) is 8.90. The van der Waals surface area contributed by atoms with Crippen LogP contribution >= 0.6 is 23.2 Å². The lowest BCUT2D eigenvalue weighted by atomic mass is 9.66. The third kappa shape index (κ3) is 5.92. The van der Waals surface area contributed by atoms with Gasteiger partial charge in [0.05, 0.1) is 50.1 Å². The van der Waals surface area contributed by atoms with Gasteiger partial charge in [-0.3, -0.25) is 15.0 Å². The Morgan fingerprint density at radius 3 is 2.48 bits per heavy atom. The van der Waals surface area contributed by atoms with Crippen LogP contribution in [0.15, 0.2) is 42.0 Å². The highest BCUT2D eigenvalue weighted by Gasteiger charge is 2.50. The Bertz CT molecular complexity index is 1330. The van der Waals surface area contributed by atoms with Crippen LogP contribution in [0.4, 0.5) is 22.1 Å². The Kier molecular flexibility index (Phi) is 9.30. The average molecular weight is 595 g/mol. The lowest BCUT2D eigenvalue weighted by molar-refractivity contribution is -0.441. The highest BCUT2D eigenvalue weighted by atomic mass is 35.5. The smallest absolute Gasteiger partial charge is 0.327 e. The molecule has 0 bridgehead atoms. The third-order valence-corrected chi connectivity index (χ3v) is 7.43. The summed E-state index contributed by atoms with van der Waals surface area (Å²) < 4.78 is 21.3. The van der Waals surface area contributed by atoms with Gasteiger partial charge in [-0.1, -0.05) is 29.3 Å². The topological polar surface area (TPSA) is 150 Å². The first-order chi connectivity index (χ1) is 19.2. The molecule has 2 aromatic rings. The third-order valence-electron chi connectivity index (χ3n) is 6.68. The number of carbonyl (C=O) groups is 1. The van der Waals surface area contributed by atoms with Crippen LogP contribution in [-0.2, 0) is 9.47 Å². The standard InChI is InChI=1S/C25H28Cl2N6O7/c1-32(25(34)31-23-21(26)17(38-3)10-18(39-4)22(23)27)20-11-19(28-12-29-20)30-15-6-5-13-14(24(15)33(35)36)9-16(13)40-8-7-37-2/h5-6,10-14,16H,7-9H2,1-4H3,(H,31,34)(H,28,29,30)/t13?,14-,16?/m1/s1. The molecule has 15 heteroatoms. The fraction of sp³-hybridized carbons (Fsp3) is 0.400. The number of hydrogen-bond donors (Lipinski definition) is 2. The summed E-state index contributed by atoms with van der Waals surface area (Å²) in [5, 5.41) is 17.8. The van der Waals surface area contributed by atoms with E-state index in [4.69, 9.17) is 42.1 Å². The number of urea groups is 1. The number of methoxy groups -OCH3 is 3. The van der Waals surface area contributed by atoms with Gasteiger partial charge in [0.2, 0.25) is 0 Å². The number of rotatable bonds is 11. The van der Waals surface area contributed by atoms with Crippen LogP contribution in [0.1, 0.15) is 6.42 Å². The number of allylic oxidation sites excluding steroid dienone is 2. The van der Waals surface area contributed by atoms with E-state index in [1.807, 2.05) is 6.08 Å². The van der Waals surface area contributed by atoms with Gasteiger partial charge in [0.1, 0.15) is 45.2 Å². The minimum absolute atomic E-state index is 0.0570. The Morgan fingerprint density at radius 2 is 1.85 bits per heavy atom. The molecule has 1 saturated carbocycles. The van der Waals surface area contributed by atoms with E-state index in [1.165, 1.54) is 44.6 Å². The van der Waals surface area contributed by atoms with Gasteiger partial charge in [0.15, 0.2) is 0 Å². The summed E-state index contributed by atoms with van der Waals surface area (Å²) in [4.78, 5) is 34.2. The van der Waals surface area contributed by atoms with Crippen LogP contribution in [0.2, 0.25) is 10.0 Å². The predicted octanol–water partition coefficient (Wildman–Crippen LogP) is 4.61. The predicted molar refractivity (Wildman–Crippen MR) is 149 cm³/mol. The monoisotopic (exact) mass is 594 g/mol. The van der Waals surface area contributed by atoms with Crippen LogP contribution in [0.3, 0.4) is 0 Å². The number of benzene rings is 1. The summed E-state index contributed by atoms with van der Waals surface area (Å²) >= 11 is 12.7. The van der Waals surface area contributed by atoms with Crippen LogP contribution in [0.5, 0.6) is 11.5 Å². The van der Waals surface area contributed by atoms with E-state index in [2.05, 4.69) is 20.6 Å². The molecular weight excluding hydrogens is 567 g/mol. The van der Waals surface area contributed by atoms with Gasteiger partial charge in [-0.05, 0) is 12.5 Å². The summed E-state index contributed by atoms with van der Waals surface area (Å²) in [6, 6.07) is 2.36. The second-order valence-corrected chi connectivity index (χ2v) is 9.65. The molecule has 214 valence electrons. The summed E-state index contributed by atoms with van der Waals surface area (Å²) in [5.74, 6) is 0.589. The van der Waals surface area contributed by atoms with Crippen molar-refractivity contribution in [3.63, 3.8) is 0 Å². The fourth-order valence-corrected chi connectivity index (χ4v) is 5.10. The van der Waals surface area contributed by atoms with Gasteiger partial charge in [0.25, 0.3) is 5.70 Å². The van der Waals surface area contributed by atoms with Crippen LogP contribution in [0.25, 0.3) is 0 Å². The Balaban J connectivity index is 1.50. The van der Waals surface area contributed by atoms with Gasteiger partial charge >= 0.3 is 6.03 Å². The lowest BCUT2D eigenvalue weighted by Crippen LogP contribution is -2.46. The van der Waals surface area contributed by atoms with Crippen molar-refractivity contribution in [2.75, 3.05) is 57.1 Å². The van der Waals surface area contributed by atoms with Crippen molar-refractivity contribution in [1.29, 1.82) is 0 Å². The number of fused-ring (bicyclic) bond motifs is 1. The molecule has 2 aliphatic carbocycles. The number of ether oxygens (including phenoxy) is 4. The summed E-state index contributed by atoms with van der Waals surface area (Å²) in [5.41, 5.74) is 0.457. The molecule has 1 fully saturated rings. The second kappa shape index (κ2) is 12.7. The van der Waals surface area contributed by atoms with Gasteiger partial charge < -0.3 is 29.6 Å². The van der Waals surface area contributed by atoms with Crippen molar-refractivity contribution in [1.82, 2.24) is 9.97 Å². The fourth-order valence-electron chi connectivity index (χ4n) is 4.50. The van der Waals surface area contributed by atoms with Crippen LogP contribution in [0, 0.1) is 22.0 Å². The zero-order chi connectivity index (χ0) is 29.0. The molecule has 0 radical (unpaired) electrons. The van der Waals surface area contributed by atoms with E-state index in [9.17, 15) is 14.9 Å². The van der Waals surface area contributed by atoms with Crippen molar-refractivity contribution in [3.05, 3.63) is 62.2 Å². The van der Waals surface area contributed by atoms with E-state index in [1.54, 1.807) is 13.2 Å². The molecule has 0 aliphatic heterocycles.